The molecule has 0 radical (unpaired) electrons. The van der Waals surface area contributed by atoms with Crippen molar-refractivity contribution in [2.75, 3.05) is 0 Å². The van der Waals surface area contributed by atoms with E-state index in [1.165, 1.54) is 6.26 Å². The number of carbonyl (C=O) groups is 2. The normalized spacial score (nSPS) is 10.4. The van der Waals surface area contributed by atoms with E-state index in [1.807, 2.05) is 0 Å². The van der Waals surface area contributed by atoms with Gasteiger partial charge < -0.3 is 9.84 Å². The molecule has 0 amide bonds. The van der Waals surface area contributed by atoms with Crippen LogP contribution < -0.4 is 0 Å². The van der Waals surface area contributed by atoms with Gasteiger partial charge in [0.05, 0.1) is 19.1 Å². The Labute approximate surface area is 83.6 Å². The summed E-state index contributed by atoms with van der Waals surface area (Å²) >= 11 is 0. The van der Waals surface area contributed by atoms with Crippen LogP contribution in [0.3, 0.4) is 0 Å². The molecule has 0 heterocycles. The van der Waals surface area contributed by atoms with Crippen molar-refractivity contribution in [3.8, 4) is 0 Å². The van der Waals surface area contributed by atoms with Gasteiger partial charge in [0.1, 0.15) is 0 Å². The average molecular weight is 200 g/mol. The molecule has 0 spiro atoms. The molecule has 0 unspecified atom stereocenters. The highest BCUT2D eigenvalue weighted by Crippen LogP contribution is 1.97. The number of carbonyl (C=O) groups excluding carboxylic acids is 1. The fourth-order valence-corrected chi connectivity index (χ4v) is 0.782. The van der Waals surface area contributed by atoms with Gasteiger partial charge in [0, 0.05) is 0 Å². The highest BCUT2D eigenvalue weighted by molar-refractivity contribution is 5.76. The third kappa shape index (κ3) is 8.77. The average Bonchev–Trinajstić information content (AvgIpc) is 2.14. The minimum absolute atomic E-state index is 0.0759. The van der Waals surface area contributed by atoms with Gasteiger partial charge in [0.2, 0.25) is 0 Å². The Morgan fingerprint density at radius 1 is 1.36 bits per heavy atom. The fraction of sp³-hybridized carbons (Fsp3) is 0.600. The Morgan fingerprint density at radius 3 is 2.64 bits per heavy atom. The third-order valence-corrected chi connectivity index (χ3v) is 1.56. The van der Waals surface area contributed by atoms with Crippen molar-refractivity contribution < 1.29 is 19.4 Å². The molecular weight excluding hydrogens is 184 g/mol. The molecule has 0 saturated heterocycles. The molecule has 4 nitrogen and oxygen atoms in total. The first-order valence-corrected chi connectivity index (χ1v) is 4.73. The number of rotatable bonds is 7. The molecule has 0 rings (SSSR count). The lowest BCUT2D eigenvalue weighted by atomic mass is 10.2. The van der Waals surface area contributed by atoms with Crippen LogP contribution in [0.15, 0.2) is 12.3 Å². The van der Waals surface area contributed by atoms with Crippen LogP contribution in [0.1, 0.15) is 39.0 Å². The molecule has 0 aliphatic rings. The lowest BCUT2D eigenvalue weighted by molar-refractivity contribution is -0.144. The molecule has 0 aliphatic heterocycles. The quantitative estimate of drug-likeness (QED) is 0.388. The molecule has 0 saturated carbocycles. The molecule has 0 bridgehead atoms. The molecule has 4 heteroatoms. The summed E-state index contributed by atoms with van der Waals surface area (Å²) in [5.74, 6) is -1.49. The molecule has 0 aliphatic carbocycles. The van der Waals surface area contributed by atoms with Gasteiger partial charge in [0.15, 0.2) is 0 Å². The summed E-state index contributed by atoms with van der Waals surface area (Å²) in [6.07, 6.45) is 5.88. The predicted molar refractivity (Wildman–Crippen MR) is 51.6 cm³/mol. The Balaban J connectivity index is 3.43. The van der Waals surface area contributed by atoms with Gasteiger partial charge in [-0.25, -0.2) is 0 Å². The van der Waals surface area contributed by atoms with E-state index < -0.39 is 11.9 Å². The zero-order chi connectivity index (χ0) is 10.8. The van der Waals surface area contributed by atoms with Crippen molar-refractivity contribution in [2.45, 2.75) is 39.0 Å². The minimum atomic E-state index is -0.989. The summed E-state index contributed by atoms with van der Waals surface area (Å²) in [6.45, 7) is 2.08. The standard InChI is InChI=1S/C10H16O4/c1-2-3-4-5-8-14-10(13)7-6-9(11)12/h5,8H,2-4,6-7H2,1H3,(H,11,12). The molecule has 1 N–H and O–H groups in total. The van der Waals surface area contributed by atoms with Crippen molar-refractivity contribution >= 4 is 11.9 Å². The van der Waals surface area contributed by atoms with E-state index >= 15 is 0 Å². The summed E-state index contributed by atoms with van der Waals surface area (Å²) in [7, 11) is 0. The first-order chi connectivity index (χ1) is 6.66. The number of hydrogen-bond acceptors (Lipinski definition) is 3. The molecule has 14 heavy (non-hydrogen) atoms. The molecular formula is C10H16O4. The van der Waals surface area contributed by atoms with Crippen LogP contribution in [0.5, 0.6) is 0 Å². The van der Waals surface area contributed by atoms with Crippen molar-refractivity contribution in [1.82, 2.24) is 0 Å². The lowest BCUT2D eigenvalue weighted by Crippen LogP contribution is -2.03. The fourth-order valence-electron chi connectivity index (χ4n) is 0.782. The monoisotopic (exact) mass is 200 g/mol. The van der Waals surface area contributed by atoms with Gasteiger partial charge in [-0.05, 0) is 18.9 Å². The Hall–Kier alpha value is -1.32. The van der Waals surface area contributed by atoms with E-state index in [0.29, 0.717) is 0 Å². The van der Waals surface area contributed by atoms with Crippen LogP contribution in [-0.2, 0) is 14.3 Å². The van der Waals surface area contributed by atoms with Gasteiger partial charge in [-0.15, -0.1) is 0 Å². The summed E-state index contributed by atoms with van der Waals surface area (Å²) < 4.78 is 4.66. The van der Waals surface area contributed by atoms with E-state index in [0.717, 1.165) is 19.3 Å². The molecule has 0 atom stereocenters. The molecule has 0 fully saturated rings. The van der Waals surface area contributed by atoms with Gasteiger partial charge in [-0.1, -0.05) is 13.3 Å². The number of esters is 1. The maximum absolute atomic E-state index is 10.8. The number of carboxylic acids is 1. The van der Waals surface area contributed by atoms with E-state index in [1.54, 1.807) is 6.08 Å². The zero-order valence-electron chi connectivity index (χ0n) is 8.36. The second-order valence-electron chi connectivity index (χ2n) is 2.90. The first kappa shape index (κ1) is 12.7. The van der Waals surface area contributed by atoms with Crippen LogP contribution in [0.2, 0.25) is 0 Å². The summed E-state index contributed by atoms with van der Waals surface area (Å²) in [4.78, 5) is 20.9. The van der Waals surface area contributed by atoms with E-state index in [-0.39, 0.29) is 12.8 Å². The third-order valence-electron chi connectivity index (χ3n) is 1.56. The number of ether oxygens (including phenoxy) is 1. The van der Waals surface area contributed by atoms with Crippen LogP contribution in [0.25, 0.3) is 0 Å². The van der Waals surface area contributed by atoms with Crippen LogP contribution in [0, 0.1) is 0 Å². The van der Waals surface area contributed by atoms with Crippen molar-refractivity contribution in [3.63, 3.8) is 0 Å². The van der Waals surface area contributed by atoms with E-state index in [4.69, 9.17) is 5.11 Å². The number of hydrogen-bond donors (Lipinski definition) is 1. The van der Waals surface area contributed by atoms with Crippen LogP contribution >= 0.6 is 0 Å². The molecule has 0 aromatic rings. The van der Waals surface area contributed by atoms with E-state index in [9.17, 15) is 9.59 Å². The largest absolute Gasteiger partial charge is 0.481 e. The Kier molecular flexibility index (Phi) is 7.50. The Bertz CT molecular complexity index is 208. The molecule has 0 aromatic carbocycles. The second kappa shape index (κ2) is 8.29. The summed E-state index contributed by atoms with van der Waals surface area (Å²) in [5, 5.41) is 8.28. The highest BCUT2D eigenvalue weighted by Gasteiger charge is 2.04. The predicted octanol–water partition coefficient (Wildman–Crippen LogP) is 2.10. The lowest BCUT2D eigenvalue weighted by Gasteiger charge is -1.96. The first-order valence-electron chi connectivity index (χ1n) is 4.73. The van der Waals surface area contributed by atoms with Crippen LogP contribution in [0.4, 0.5) is 0 Å². The maximum atomic E-state index is 10.8. The molecule has 0 aromatic heterocycles. The Morgan fingerprint density at radius 2 is 2.07 bits per heavy atom. The maximum Gasteiger partial charge on any atom is 0.311 e. The number of unbranched alkanes of at least 4 members (excludes halogenated alkanes) is 2. The summed E-state index contributed by atoms with van der Waals surface area (Å²) in [5.41, 5.74) is 0. The topological polar surface area (TPSA) is 63.6 Å². The number of aliphatic carboxylic acids is 1. The van der Waals surface area contributed by atoms with Crippen molar-refractivity contribution in [2.24, 2.45) is 0 Å². The van der Waals surface area contributed by atoms with Crippen molar-refractivity contribution in [1.29, 1.82) is 0 Å². The smallest absolute Gasteiger partial charge is 0.311 e. The van der Waals surface area contributed by atoms with Gasteiger partial charge >= 0.3 is 11.9 Å². The second-order valence-corrected chi connectivity index (χ2v) is 2.90. The SMILES string of the molecule is CCCCC=COC(=O)CCC(=O)O. The van der Waals surface area contributed by atoms with Gasteiger partial charge in [0.25, 0.3) is 0 Å². The number of allylic oxidation sites excluding steroid dienone is 1. The van der Waals surface area contributed by atoms with E-state index in [2.05, 4.69) is 11.7 Å². The van der Waals surface area contributed by atoms with Gasteiger partial charge in [-0.3, -0.25) is 9.59 Å². The molecule has 80 valence electrons. The summed E-state index contributed by atoms with van der Waals surface area (Å²) in [6, 6.07) is 0. The van der Waals surface area contributed by atoms with Crippen molar-refractivity contribution in [3.05, 3.63) is 12.3 Å². The van der Waals surface area contributed by atoms with Gasteiger partial charge in [-0.2, -0.15) is 0 Å². The minimum Gasteiger partial charge on any atom is -0.481 e. The highest BCUT2D eigenvalue weighted by atomic mass is 16.5. The number of carboxylic acid groups (broad SMARTS) is 1. The zero-order valence-corrected chi connectivity index (χ0v) is 8.36. The van der Waals surface area contributed by atoms with Crippen LogP contribution in [-0.4, -0.2) is 17.0 Å².